The number of nitro groups is 1. The molecule has 0 bridgehead atoms. The van der Waals surface area contributed by atoms with Crippen LogP contribution < -0.4 is 4.74 Å². The number of benzene rings is 2. The summed E-state index contributed by atoms with van der Waals surface area (Å²) in [5.41, 5.74) is 0.673. The summed E-state index contributed by atoms with van der Waals surface area (Å²) in [5.74, 6) is -1.52. The zero-order valence-corrected chi connectivity index (χ0v) is 18.2. The minimum atomic E-state index is -0.970. The van der Waals surface area contributed by atoms with E-state index in [1.165, 1.54) is 41.3 Å². The first-order chi connectivity index (χ1) is 15.2. The minimum absolute atomic E-state index is 0.0204. The summed E-state index contributed by atoms with van der Waals surface area (Å²) in [6, 6.07) is 9.80. The molecule has 11 heteroatoms. The summed E-state index contributed by atoms with van der Waals surface area (Å²) in [6.07, 6.45) is 1.59. The number of aliphatic carboxylic acids is 1. The van der Waals surface area contributed by atoms with E-state index < -0.39 is 22.6 Å². The summed E-state index contributed by atoms with van der Waals surface area (Å²) >= 11 is 6.24. The molecule has 1 amide bonds. The maximum atomic E-state index is 13.4. The molecule has 2 aromatic rings. The van der Waals surface area contributed by atoms with E-state index >= 15 is 0 Å². The largest absolute Gasteiger partial charge is 0.488 e. The molecule has 1 heterocycles. The van der Waals surface area contributed by atoms with Crippen LogP contribution in [-0.2, 0) is 16.2 Å². The van der Waals surface area contributed by atoms with Crippen molar-refractivity contribution in [3.05, 3.63) is 74.4 Å². The number of hydrogen-bond donors (Lipinski definition) is 1. The minimum Gasteiger partial charge on any atom is -0.488 e. The van der Waals surface area contributed by atoms with Gasteiger partial charge in [0.25, 0.3) is 11.6 Å². The van der Waals surface area contributed by atoms with Gasteiger partial charge in [-0.15, -0.1) is 0 Å². The van der Waals surface area contributed by atoms with Crippen LogP contribution in [0.2, 0.25) is 0 Å². The van der Waals surface area contributed by atoms with Crippen LogP contribution >= 0.6 is 24.0 Å². The van der Waals surface area contributed by atoms with Crippen molar-refractivity contribution in [1.29, 1.82) is 0 Å². The van der Waals surface area contributed by atoms with Crippen molar-refractivity contribution in [1.82, 2.24) is 4.90 Å². The molecule has 3 rings (SSSR count). The molecule has 1 aliphatic rings. The van der Waals surface area contributed by atoms with E-state index in [0.29, 0.717) is 11.1 Å². The molecule has 0 saturated carbocycles. The maximum absolute atomic E-state index is 13.4. The third-order valence-electron chi connectivity index (χ3n) is 4.42. The third kappa shape index (κ3) is 5.89. The fraction of sp³-hybridized carbons (Fsp3) is 0.190. The second-order valence-electron chi connectivity index (χ2n) is 6.73. The lowest BCUT2D eigenvalue weighted by atomic mass is 10.1. The monoisotopic (exact) mass is 476 g/mol. The molecule has 166 valence electrons. The molecule has 32 heavy (non-hydrogen) atoms. The number of thiocarbonyl (C=S) groups is 1. The van der Waals surface area contributed by atoms with Crippen molar-refractivity contribution in [2.24, 2.45) is 0 Å². The number of nitrogens with zero attached hydrogens (tertiary/aromatic N) is 2. The Balaban J connectivity index is 1.84. The normalized spacial score (nSPS) is 14.8. The maximum Gasteiger partial charge on any atom is 0.303 e. The molecule has 1 N–H and O–H groups in total. The number of thioether (sulfide) groups is 1. The van der Waals surface area contributed by atoms with Gasteiger partial charge >= 0.3 is 5.97 Å². The number of non-ortho nitro benzene ring substituents is 1. The lowest BCUT2D eigenvalue weighted by Crippen LogP contribution is -2.29. The van der Waals surface area contributed by atoms with Gasteiger partial charge in [-0.2, -0.15) is 0 Å². The Kier molecular flexibility index (Phi) is 7.54. The molecule has 0 unspecified atom stereocenters. The van der Waals surface area contributed by atoms with E-state index in [-0.39, 0.29) is 46.7 Å². The van der Waals surface area contributed by atoms with Crippen molar-refractivity contribution in [3.63, 3.8) is 0 Å². The van der Waals surface area contributed by atoms with Crippen LogP contribution in [0.5, 0.6) is 5.75 Å². The van der Waals surface area contributed by atoms with Gasteiger partial charge in [0, 0.05) is 30.7 Å². The SMILES string of the molecule is O=C(O)CCCN1C(=O)/C(=C/c2cc([N+](=O)[O-])ccc2OCc2cccc(F)c2)SC1=S. The first kappa shape index (κ1) is 23.4. The average Bonchev–Trinajstić information content (AvgIpc) is 3.00. The molecule has 1 aliphatic heterocycles. The van der Waals surface area contributed by atoms with Crippen LogP contribution in [0, 0.1) is 15.9 Å². The molecule has 0 radical (unpaired) electrons. The summed E-state index contributed by atoms with van der Waals surface area (Å²) in [6.45, 7) is 0.179. The lowest BCUT2D eigenvalue weighted by Gasteiger charge is -2.13. The molecule has 0 aromatic heterocycles. The molecule has 0 spiro atoms. The molecule has 0 atom stereocenters. The predicted octanol–water partition coefficient (Wildman–Crippen LogP) is 4.38. The van der Waals surface area contributed by atoms with Gasteiger partial charge in [-0.3, -0.25) is 24.6 Å². The zero-order valence-electron chi connectivity index (χ0n) is 16.5. The Morgan fingerprint density at radius 3 is 2.78 bits per heavy atom. The van der Waals surface area contributed by atoms with Crippen molar-refractivity contribution in [3.8, 4) is 5.75 Å². The van der Waals surface area contributed by atoms with Crippen LogP contribution in [0.3, 0.4) is 0 Å². The molecule has 1 fully saturated rings. The van der Waals surface area contributed by atoms with E-state index in [1.807, 2.05) is 0 Å². The zero-order chi connectivity index (χ0) is 23.3. The number of carbonyl (C=O) groups is 2. The number of rotatable bonds is 9. The molecular weight excluding hydrogens is 459 g/mol. The molecule has 2 aromatic carbocycles. The number of halogens is 1. The van der Waals surface area contributed by atoms with Crippen molar-refractivity contribution < 1.29 is 28.7 Å². The van der Waals surface area contributed by atoms with E-state index in [0.717, 1.165) is 11.8 Å². The van der Waals surface area contributed by atoms with Gasteiger partial charge in [0.1, 0.15) is 22.5 Å². The number of carbonyl (C=O) groups excluding carboxylic acids is 1. The van der Waals surface area contributed by atoms with Crippen molar-refractivity contribution in [2.45, 2.75) is 19.4 Å². The van der Waals surface area contributed by atoms with Crippen LogP contribution in [0.15, 0.2) is 47.4 Å². The second kappa shape index (κ2) is 10.3. The molecule has 0 aliphatic carbocycles. The summed E-state index contributed by atoms with van der Waals surface area (Å²) < 4.78 is 19.4. The van der Waals surface area contributed by atoms with Crippen LogP contribution in [0.1, 0.15) is 24.0 Å². The summed E-state index contributed by atoms with van der Waals surface area (Å²) in [4.78, 5) is 35.6. The van der Waals surface area contributed by atoms with Gasteiger partial charge in [-0.1, -0.05) is 36.1 Å². The van der Waals surface area contributed by atoms with Gasteiger partial charge in [-0.05, 0) is 36.3 Å². The van der Waals surface area contributed by atoms with Gasteiger partial charge in [0.15, 0.2) is 0 Å². The summed E-state index contributed by atoms with van der Waals surface area (Å²) in [7, 11) is 0. The number of amides is 1. The number of hydrogen-bond acceptors (Lipinski definition) is 7. The van der Waals surface area contributed by atoms with Gasteiger partial charge < -0.3 is 9.84 Å². The Labute approximate surface area is 191 Å². The number of nitro benzene ring substituents is 1. The Morgan fingerprint density at radius 1 is 1.31 bits per heavy atom. The van der Waals surface area contributed by atoms with E-state index in [9.17, 15) is 24.1 Å². The second-order valence-corrected chi connectivity index (χ2v) is 8.40. The molecular formula is C21H17FN2O6S2. The number of ether oxygens (including phenoxy) is 1. The topological polar surface area (TPSA) is 110 Å². The predicted molar refractivity (Wildman–Crippen MR) is 121 cm³/mol. The fourth-order valence-corrected chi connectivity index (χ4v) is 4.20. The molecule has 8 nitrogen and oxygen atoms in total. The van der Waals surface area contributed by atoms with Crippen LogP contribution in [-0.4, -0.2) is 37.7 Å². The average molecular weight is 477 g/mol. The lowest BCUT2D eigenvalue weighted by molar-refractivity contribution is -0.384. The van der Waals surface area contributed by atoms with Crippen molar-refractivity contribution >= 4 is 51.9 Å². The standard InChI is InChI=1S/C21H17FN2O6S2/c22-15-4-1-3-13(9-15)12-30-17-7-6-16(24(28)29)10-14(17)11-18-20(27)23(21(31)32-18)8-2-5-19(25)26/h1,3-4,6-7,9-11H,2,5,8,12H2,(H,25,26)/b18-11-. The highest BCUT2D eigenvalue weighted by molar-refractivity contribution is 8.26. The van der Waals surface area contributed by atoms with Crippen molar-refractivity contribution in [2.75, 3.05) is 6.54 Å². The van der Waals surface area contributed by atoms with Gasteiger partial charge in [0.05, 0.1) is 9.83 Å². The fourth-order valence-electron chi connectivity index (χ4n) is 2.90. The third-order valence-corrected chi connectivity index (χ3v) is 5.80. The van der Waals surface area contributed by atoms with Crippen LogP contribution in [0.25, 0.3) is 6.08 Å². The highest BCUT2D eigenvalue weighted by Crippen LogP contribution is 2.35. The highest BCUT2D eigenvalue weighted by Gasteiger charge is 2.32. The number of carboxylic acid groups (broad SMARTS) is 1. The van der Waals surface area contributed by atoms with Crippen LogP contribution in [0.4, 0.5) is 10.1 Å². The van der Waals surface area contributed by atoms with Gasteiger partial charge in [-0.25, -0.2) is 4.39 Å². The number of carboxylic acids is 1. The summed E-state index contributed by atoms with van der Waals surface area (Å²) in [5, 5.41) is 20.0. The highest BCUT2D eigenvalue weighted by atomic mass is 32.2. The van der Waals surface area contributed by atoms with Gasteiger partial charge in [0.2, 0.25) is 0 Å². The quantitative estimate of drug-likeness (QED) is 0.246. The molecule has 1 saturated heterocycles. The first-order valence-corrected chi connectivity index (χ1v) is 10.6. The van der Waals surface area contributed by atoms with E-state index in [2.05, 4.69) is 0 Å². The Morgan fingerprint density at radius 2 is 2.09 bits per heavy atom. The van der Waals surface area contributed by atoms with E-state index in [4.69, 9.17) is 22.1 Å². The first-order valence-electron chi connectivity index (χ1n) is 9.37. The Hall–Kier alpha value is -3.31. The Bertz CT molecular complexity index is 1120. The smallest absolute Gasteiger partial charge is 0.303 e. The van der Waals surface area contributed by atoms with E-state index in [1.54, 1.807) is 12.1 Å².